The first-order valence-electron chi connectivity index (χ1n) is 6.62. The molecule has 0 radical (unpaired) electrons. The predicted molar refractivity (Wildman–Crippen MR) is 89.3 cm³/mol. The van der Waals surface area contributed by atoms with Crippen molar-refractivity contribution in [3.05, 3.63) is 68.5 Å². The first kappa shape index (κ1) is 15.6. The van der Waals surface area contributed by atoms with Crippen LogP contribution in [0, 0.1) is 0 Å². The Bertz CT molecular complexity index is 976. The van der Waals surface area contributed by atoms with Gasteiger partial charge < -0.3 is 9.15 Å². The van der Waals surface area contributed by atoms with Crippen LogP contribution in [0.5, 0.6) is 0 Å². The molecule has 0 atom stereocenters. The molecule has 3 rings (SSSR count). The molecule has 23 heavy (non-hydrogen) atoms. The summed E-state index contributed by atoms with van der Waals surface area (Å²) in [5.74, 6) is -0.574. The summed E-state index contributed by atoms with van der Waals surface area (Å²) in [5, 5.41) is 1.05. The molecule has 0 fully saturated rings. The van der Waals surface area contributed by atoms with Crippen molar-refractivity contribution in [3.63, 3.8) is 0 Å². The lowest BCUT2D eigenvalue weighted by Crippen LogP contribution is -2.06. The average Bonchev–Trinajstić information content (AvgIpc) is 2.56. The molecule has 0 bridgehead atoms. The van der Waals surface area contributed by atoms with Gasteiger partial charge in [-0.15, -0.1) is 0 Å². The molecule has 0 spiro atoms. The fraction of sp³-hybridized carbons (Fsp3) is 0.0588. The molecule has 1 aromatic heterocycles. The van der Waals surface area contributed by atoms with Crippen LogP contribution in [0.25, 0.3) is 22.1 Å². The zero-order valence-corrected chi connectivity index (χ0v) is 13.4. The van der Waals surface area contributed by atoms with E-state index in [1.165, 1.54) is 19.2 Å². The predicted octanol–water partition coefficient (Wildman–Crippen LogP) is 4.55. The van der Waals surface area contributed by atoms with Crippen molar-refractivity contribution in [1.29, 1.82) is 0 Å². The minimum atomic E-state index is -0.574. The third-order valence-corrected chi connectivity index (χ3v) is 4.18. The molecular weight excluding hydrogens is 339 g/mol. The van der Waals surface area contributed by atoms with E-state index in [1.807, 2.05) is 6.07 Å². The molecule has 0 unspecified atom stereocenters. The Balaban J connectivity index is 2.29. The SMILES string of the molecule is COC(=O)c1cc(Cl)c(Cl)c(-c2cc3ccccc3oc2=O)c1. The van der Waals surface area contributed by atoms with Crippen molar-refractivity contribution < 1.29 is 13.9 Å². The van der Waals surface area contributed by atoms with Crippen molar-refractivity contribution in [2.45, 2.75) is 0 Å². The highest BCUT2D eigenvalue weighted by Gasteiger charge is 2.17. The number of rotatable bonds is 2. The molecule has 0 aliphatic carbocycles. The second kappa shape index (κ2) is 6.07. The van der Waals surface area contributed by atoms with Gasteiger partial charge in [-0.05, 0) is 24.3 Å². The van der Waals surface area contributed by atoms with Crippen LogP contribution in [-0.2, 0) is 4.74 Å². The van der Waals surface area contributed by atoms with Gasteiger partial charge in [-0.25, -0.2) is 9.59 Å². The summed E-state index contributed by atoms with van der Waals surface area (Å²) in [4.78, 5) is 24.0. The van der Waals surface area contributed by atoms with Crippen LogP contribution in [0.4, 0.5) is 0 Å². The number of esters is 1. The first-order valence-corrected chi connectivity index (χ1v) is 7.37. The summed E-state index contributed by atoms with van der Waals surface area (Å²) in [7, 11) is 1.26. The average molecular weight is 349 g/mol. The van der Waals surface area contributed by atoms with Gasteiger partial charge in [0.25, 0.3) is 0 Å². The Labute approximate surface area is 141 Å². The Kier molecular flexibility index (Phi) is 4.11. The highest BCUT2D eigenvalue weighted by molar-refractivity contribution is 6.44. The molecule has 0 saturated heterocycles. The van der Waals surface area contributed by atoms with Gasteiger partial charge in [0.05, 0.1) is 28.3 Å². The van der Waals surface area contributed by atoms with Crippen LogP contribution < -0.4 is 5.63 Å². The lowest BCUT2D eigenvalue weighted by Gasteiger charge is -2.09. The Morgan fingerprint density at radius 3 is 2.57 bits per heavy atom. The molecule has 116 valence electrons. The monoisotopic (exact) mass is 348 g/mol. The van der Waals surface area contributed by atoms with E-state index < -0.39 is 11.6 Å². The Hall–Kier alpha value is -2.30. The topological polar surface area (TPSA) is 56.5 Å². The summed E-state index contributed by atoms with van der Waals surface area (Å²) in [6.45, 7) is 0. The van der Waals surface area contributed by atoms with E-state index in [9.17, 15) is 9.59 Å². The zero-order valence-electron chi connectivity index (χ0n) is 11.9. The van der Waals surface area contributed by atoms with Crippen molar-refractivity contribution in [3.8, 4) is 11.1 Å². The van der Waals surface area contributed by atoms with Crippen molar-refractivity contribution in [2.24, 2.45) is 0 Å². The van der Waals surface area contributed by atoms with E-state index in [1.54, 1.807) is 24.3 Å². The Morgan fingerprint density at radius 1 is 1.09 bits per heavy atom. The molecule has 3 aromatic rings. The van der Waals surface area contributed by atoms with E-state index in [2.05, 4.69) is 4.74 Å². The quantitative estimate of drug-likeness (QED) is 0.503. The van der Waals surface area contributed by atoms with Gasteiger partial charge in [-0.2, -0.15) is 0 Å². The van der Waals surface area contributed by atoms with E-state index in [0.29, 0.717) is 11.1 Å². The molecule has 0 N–H and O–H groups in total. The standard InChI is InChI=1S/C17H10Cl2O4/c1-22-16(20)10-7-11(15(19)13(18)8-10)12-6-9-4-2-3-5-14(9)23-17(12)21/h2-8H,1H3. The van der Waals surface area contributed by atoms with Crippen LogP contribution in [0.2, 0.25) is 10.0 Å². The smallest absolute Gasteiger partial charge is 0.344 e. The molecule has 6 heteroatoms. The molecule has 0 saturated carbocycles. The molecule has 0 aliphatic rings. The maximum Gasteiger partial charge on any atom is 0.344 e. The van der Waals surface area contributed by atoms with Gasteiger partial charge in [0.1, 0.15) is 5.58 Å². The van der Waals surface area contributed by atoms with Gasteiger partial charge >= 0.3 is 11.6 Å². The number of benzene rings is 2. The minimum absolute atomic E-state index is 0.150. The van der Waals surface area contributed by atoms with E-state index in [-0.39, 0.29) is 21.2 Å². The van der Waals surface area contributed by atoms with Crippen LogP contribution >= 0.6 is 23.2 Å². The molecular formula is C17H10Cl2O4. The molecule has 1 heterocycles. The Morgan fingerprint density at radius 2 is 1.83 bits per heavy atom. The normalized spacial score (nSPS) is 10.7. The second-order valence-electron chi connectivity index (χ2n) is 4.80. The fourth-order valence-corrected chi connectivity index (χ4v) is 2.70. The maximum absolute atomic E-state index is 12.3. The van der Waals surface area contributed by atoms with Crippen LogP contribution in [0.3, 0.4) is 0 Å². The lowest BCUT2D eigenvalue weighted by atomic mass is 10.0. The molecule has 2 aromatic carbocycles. The lowest BCUT2D eigenvalue weighted by molar-refractivity contribution is 0.0601. The summed E-state index contributed by atoms with van der Waals surface area (Å²) < 4.78 is 9.98. The maximum atomic E-state index is 12.3. The largest absolute Gasteiger partial charge is 0.465 e. The van der Waals surface area contributed by atoms with Crippen LogP contribution in [0.15, 0.2) is 51.7 Å². The number of hydrogen-bond acceptors (Lipinski definition) is 4. The van der Waals surface area contributed by atoms with Gasteiger partial charge in [0.15, 0.2) is 0 Å². The number of methoxy groups -OCH3 is 1. The summed E-state index contributed by atoms with van der Waals surface area (Å²) in [6.07, 6.45) is 0. The van der Waals surface area contributed by atoms with Gasteiger partial charge in [0, 0.05) is 10.9 Å². The van der Waals surface area contributed by atoms with Gasteiger partial charge in [0.2, 0.25) is 0 Å². The van der Waals surface area contributed by atoms with Gasteiger partial charge in [-0.1, -0.05) is 41.4 Å². The van der Waals surface area contributed by atoms with Crippen LogP contribution in [-0.4, -0.2) is 13.1 Å². The number of ether oxygens (including phenoxy) is 1. The third-order valence-electron chi connectivity index (χ3n) is 3.38. The molecule has 0 amide bonds. The van der Waals surface area contributed by atoms with Gasteiger partial charge in [-0.3, -0.25) is 0 Å². The van der Waals surface area contributed by atoms with Crippen molar-refractivity contribution >= 4 is 40.1 Å². The number of fused-ring (bicyclic) bond motifs is 1. The number of para-hydroxylation sites is 1. The highest BCUT2D eigenvalue weighted by Crippen LogP contribution is 2.34. The summed E-state index contributed by atoms with van der Waals surface area (Å²) in [5.41, 5.74) is 0.640. The molecule has 0 aliphatic heterocycles. The summed E-state index contributed by atoms with van der Waals surface area (Å²) in [6, 6.07) is 11.6. The number of carbonyl (C=O) groups excluding carboxylic acids is 1. The number of hydrogen-bond donors (Lipinski definition) is 0. The fourth-order valence-electron chi connectivity index (χ4n) is 2.27. The van der Waals surface area contributed by atoms with Crippen LogP contribution in [0.1, 0.15) is 10.4 Å². The number of halogens is 2. The second-order valence-corrected chi connectivity index (χ2v) is 5.58. The first-order chi connectivity index (χ1) is 11.0. The third kappa shape index (κ3) is 2.83. The summed E-state index contributed by atoms with van der Waals surface area (Å²) >= 11 is 12.3. The minimum Gasteiger partial charge on any atom is -0.465 e. The van der Waals surface area contributed by atoms with E-state index in [0.717, 1.165) is 5.39 Å². The van der Waals surface area contributed by atoms with Crippen molar-refractivity contribution in [1.82, 2.24) is 0 Å². The van der Waals surface area contributed by atoms with E-state index in [4.69, 9.17) is 27.6 Å². The molecule has 4 nitrogen and oxygen atoms in total. The highest BCUT2D eigenvalue weighted by atomic mass is 35.5. The van der Waals surface area contributed by atoms with Crippen molar-refractivity contribution in [2.75, 3.05) is 7.11 Å². The zero-order chi connectivity index (χ0) is 16.6. The van der Waals surface area contributed by atoms with E-state index >= 15 is 0 Å². The number of carbonyl (C=O) groups is 1.